The quantitative estimate of drug-likeness (QED) is 0.369. The van der Waals surface area contributed by atoms with Crippen molar-refractivity contribution in [1.82, 2.24) is 20.1 Å². The van der Waals surface area contributed by atoms with Gasteiger partial charge in [-0.05, 0) is 47.5 Å². The van der Waals surface area contributed by atoms with Crippen LogP contribution < -0.4 is 5.32 Å². The minimum Gasteiger partial charge on any atom is -0.322 e. The van der Waals surface area contributed by atoms with Crippen LogP contribution in [0.25, 0.3) is 11.4 Å². The number of carbonyl (C=O) groups is 1. The van der Waals surface area contributed by atoms with Gasteiger partial charge in [0.1, 0.15) is 5.82 Å². The third-order valence-electron chi connectivity index (χ3n) is 6.18. The van der Waals surface area contributed by atoms with Gasteiger partial charge in [-0.15, -0.1) is 12.4 Å². The summed E-state index contributed by atoms with van der Waals surface area (Å²) in [6.07, 6.45) is 0.678. The fourth-order valence-electron chi connectivity index (χ4n) is 4.18. The smallest absolute Gasteiger partial charge is 0.255 e. The number of aromatic amines is 1. The predicted molar refractivity (Wildman–Crippen MR) is 147 cm³/mol. The van der Waals surface area contributed by atoms with E-state index in [1.165, 1.54) is 0 Å². The number of sulfone groups is 1. The van der Waals surface area contributed by atoms with Crippen LogP contribution in [0.15, 0.2) is 78.9 Å². The third kappa shape index (κ3) is 7.03. The number of nitrogens with one attached hydrogen (secondary N) is 2. The van der Waals surface area contributed by atoms with E-state index in [1.807, 2.05) is 60.7 Å². The fraction of sp³-hybridized carbons (Fsp3) is 0.222. The molecular weight excluding hydrogens is 510 g/mol. The highest BCUT2D eigenvalue weighted by atomic mass is 35.5. The Morgan fingerprint density at radius 2 is 1.62 bits per heavy atom. The maximum absolute atomic E-state index is 12.8. The van der Waals surface area contributed by atoms with Gasteiger partial charge in [0.15, 0.2) is 15.7 Å². The summed E-state index contributed by atoms with van der Waals surface area (Å²) < 4.78 is 23.3. The van der Waals surface area contributed by atoms with Crippen LogP contribution in [0.2, 0.25) is 0 Å². The molecule has 0 saturated carbocycles. The maximum Gasteiger partial charge on any atom is 0.255 e. The van der Waals surface area contributed by atoms with E-state index in [9.17, 15) is 13.2 Å². The Hall–Kier alpha value is -3.53. The van der Waals surface area contributed by atoms with E-state index >= 15 is 0 Å². The number of carbonyl (C=O) groups excluding carboxylic acids is 1. The minimum atomic E-state index is -2.91. The van der Waals surface area contributed by atoms with Gasteiger partial charge in [-0.25, -0.2) is 13.4 Å². The molecule has 0 aliphatic carbocycles. The molecule has 2 heterocycles. The van der Waals surface area contributed by atoms with Crippen molar-refractivity contribution in [2.45, 2.75) is 13.0 Å². The number of aromatic nitrogens is 3. The first-order valence-corrected chi connectivity index (χ1v) is 13.6. The van der Waals surface area contributed by atoms with Crippen molar-refractivity contribution in [3.8, 4) is 11.4 Å². The molecule has 0 bridgehead atoms. The zero-order valence-electron chi connectivity index (χ0n) is 20.1. The summed E-state index contributed by atoms with van der Waals surface area (Å²) in [5.74, 6) is 1.57. The number of hydrogen-bond donors (Lipinski definition) is 2. The monoisotopic (exact) mass is 537 g/mol. The molecule has 192 valence electrons. The van der Waals surface area contributed by atoms with Crippen LogP contribution in [-0.4, -0.2) is 59.0 Å². The van der Waals surface area contributed by atoms with E-state index in [0.29, 0.717) is 43.1 Å². The largest absolute Gasteiger partial charge is 0.322 e. The maximum atomic E-state index is 12.8. The van der Waals surface area contributed by atoms with Gasteiger partial charge in [0, 0.05) is 42.9 Å². The lowest BCUT2D eigenvalue weighted by atomic mass is 10.1. The number of benzene rings is 3. The van der Waals surface area contributed by atoms with Gasteiger partial charge in [-0.3, -0.25) is 14.8 Å². The Bertz CT molecular complexity index is 1440. The minimum absolute atomic E-state index is 0. The second-order valence-corrected chi connectivity index (χ2v) is 11.2. The van der Waals surface area contributed by atoms with E-state index in [2.05, 4.69) is 37.5 Å². The van der Waals surface area contributed by atoms with Crippen LogP contribution >= 0.6 is 12.4 Å². The highest BCUT2D eigenvalue weighted by molar-refractivity contribution is 7.91. The molecule has 1 aromatic heterocycles. The van der Waals surface area contributed by atoms with Crippen molar-refractivity contribution in [2.24, 2.45) is 0 Å². The summed E-state index contributed by atoms with van der Waals surface area (Å²) in [6.45, 7) is 1.65. The first-order chi connectivity index (χ1) is 17.4. The molecule has 1 fully saturated rings. The Kier molecular flexibility index (Phi) is 8.38. The van der Waals surface area contributed by atoms with Crippen molar-refractivity contribution in [3.63, 3.8) is 0 Å². The molecule has 0 unspecified atom stereocenters. The predicted octanol–water partition coefficient (Wildman–Crippen LogP) is 3.97. The van der Waals surface area contributed by atoms with Gasteiger partial charge in [0.2, 0.25) is 0 Å². The van der Waals surface area contributed by atoms with Crippen molar-refractivity contribution < 1.29 is 13.2 Å². The van der Waals surface area contributed by atoms with E-state index in [0.717, 1.165) is 22.5 Å². The van der Waals surface area contributed by atoms with E-state index < -0.39 is 9.84 Å². The van der Waals surface area contributed by atoms with Crippen LogP contribution in [0.1, 0.15) is 27.3 Å². The highest BCUT2D eigenvalue weighted by Crippen LogP contribution is 2.20. The van der Waals surface area contributed by atoms with Crippen LogP contribution in [-0.2, 0) is 22.8 Å². The van der Waals surface area contributed by atoms with Crippen molar-refractivity contribution >= 4 is 33.8 Å². The molecule has 0 atom stereocenters. The first-order valence-electron chi connectivity index (χ1n) is 11.8. The Labute approximate surface area is 222 Å². The van der Waals surface area contributed by atoms with Crippen molar-refractivity contribution in [3.05, 3.63) is 101 Å². The molecule has 3 aromatic carbocycles. The van der Waals surface area contributed by atoms with E-state index in [4.69, 9.17) is 0 Å². The standard InChI is InChI=1S/C27H27N5O3S.ClH/c33-27(23-8-4-7-21(17-23)19-32-13-15-36(34,35)16-14-32)28-24-11-9-22(10-12-24)26-29-25(30-31-26)18-20-5-2-1-3-6-20;/h1-12,17H,13-16,18-19H2,(H,28,33)(H,29,30,31);1H. The van der Waals surface area contributed by atoms with Crippen LogP contribution in [0, 0.1) is 0 Å². The number of halogens is 1. The number of H-pyrrole nitrogens is 1. The summed E-state index contributed by atoms with van der Waals surface area (Å²) in [4.78, 5) is 19.5. The molecule has 1 saturated heterocycles. The molecule has 2 N–H and O–H groups in total. The third-order valence-corrected chi connectivity index (χ3v) is 7.79. The van der Waals surface area contributed by atoms with Gasteiger partial charge in [-0.1, -0.05) is 42.5 Å². The average Bonchev–Trinajstić information content (AvgIpc) is 3.35. The Morgan fingerprint density at radius 1 is 0.919 bits per heavy atom. The first kappa shape index (κ1) is 26.5. The lowest BCUT2D eigenvalue weighted by Crippen LogP contribution is -2.39. The molecule has 1 aliphatic rings. The molecule has 4 aromatic rings. The summed E-state index contributed by atoms with van der Waals surface area (Å²) in [6, 6.07) is 24.9. The highest BCUT2D eigenvalue weighted by Gasteiger charge is 2.21. The Balaban J connectivity index is 0.00000320. The molecule has 1 amide bonds. The molecule has 1 aliphatic heterocycles. The molecule has 0 spiro atoms. The van der Waals surface area contributed by atoms with Gasteiger partial charge in [0.25, 0.3) is 5.91 Å². The lowest BCUT2D eigenvalue weighted by Gasteiger charge is -2.26. The van der Waals surface area contributed by atoms with Crippen LogP contribution in [0.4, 0.5) is 5.69 Å². The second kappa shape index (κ2) is 11.7. The van der Waals surface area contributed by atoms with E-state index in [-0.39, 0.29) is 29.8 Å². The molecule has 5 rings (SSSR count). The van der Waals surface area contributed by atoms with Gasteiger partial charge >= 0.3 is 0 Å². The normalized spacial score (nSPS) is 15.0. The fourth-order valence-corrected chi connectivity index (χ4v) is 5.45. The van der Waals surface area contributed by atoms with Crippen molar-refractivity contribution in [1.29, 1.82) is 0 Å². The van der Waals surface area contributed by atoms with Crippen LogP contribution in [0.5, 0.6) is 0 Å². The van der Waals surface area contributed by atoms with E-state index in [1.54, 1.807) is 6.07 Å². The Morgan fingerprint density at radius 3 is 2.35 bits per heavy atom. The molecule has 8 nitrogen and oxygen atoms in total. The number of amides is 1. The van der Waals surface area contributed by atoms with Crippen molar-refractivity contribution in [2.75, 3.05) is 29.9 Å². The van der Waals surface area contributed by atoms with Crippen LogP contribution in [0.3, 0.4) is 0 Å². The SMILES string of the molecule is Cl.O=C(Nc1ccc(-c2n[nH]c(Cc3ccccc3)n2)cc1)c1cccc(CN2CCS(=O)(=O)CC2)c1. The average molecular weight is 538 g/mol. The summed E-state index contributed by atoms with van der Waals surface area (Å²) in [5.41, 5.74) is 4.23. The number of rotatable bonds is 7. The summed E-state index contributed by atoms with van der Waals surface area (Å²) in [5, 5.41) is 10.3. The summed E-state index contributed by atoms with van der Waals surface area (Å²) >= 11 is 0. The lowest BCUT2D eigenvalue weighted by molar-refractivity contribution is 0.102. The molecular formula is C27H28ClN5O3S. The zero-order valence-corrected chi connectivity index (χ0v) is 21.8. The van der Waals surface area contributed by atoms with Gasteiger partial charge in [0.05, 0.1) is 11.5 Å². The second-order valence-electron chi connectivity index (χ2n) is 8.93. The molecule has 37 heavy (non-hydrogen) atoms. The number of hydrogen-bond acceptors (Lipinski definition) is 6. The molecule has 0 radical (unpaired) electrons. The number of nitrogens with zero attached hydrogens (tertiary/aromatic N) is 3. The number of anilines is 1. The summed E-state index contributed by atoms with van der Waals surface area (Å²) in [7, 11) is -2.91. The zero-order chi connectivity index (χ0) is 25.0. The van der Waals surface area contributed by atoms with Gasteiger partial charge < -0.3 is 5.32 Å². The van der Waals surface area contributed by atoms with Gasteiger partial charge in [-0.2, -0.15) is 5.10 Å². The molecule has 10 heteroatoms. The topological polar surface area (TPSA) is 108 Å².